The average Bonchev–Trinajstić information content (AvgIpc) is 2.30. The molecule has 0 heterocycles. The van der Waals surface area contributed by atoms with Crippen molar-refractivity contribution in [3.05, 3.63) is 23.0 Å². The number of nitrogens with one attached hydrogen (secondary N) is 1. The molecule has 0 atom stereocenters. The Labute approximate surface area is 106 Å². The first-order valence-corrected chi connectivity index (χ1v) is 6.09. The minimum absolute atomic E-state index is 0.0410. The van der Waals surface area contributed by atoms with Crippen LogP contribution in [0.5, 0.6) is 0 Å². The zero-order valence-electron chi connectivity index (χ0n) is 9.93. The third-order valence-electron chi connectivity index (χ3n) is 2.22. The summed E-state index contributed by atoms with van der Waals surface area (Å²) in [7, 11) is 0. The highest BCUT2D eigenvalue weighted by Crippen LogP contribution is 2.25. The maximum atomic E-state index is 13.2. The standard InChI is InChI=1S/C12H18ClFN2O/c1-2-5-17-6-3-4-16-12-8-10(14)9(13)7-11(12)15/h7-8,16H,2-6,15H2,1H3. The number of hydrogen-bond acceptors (Lipinski definition) is 3. The van der Waals surface area contributed by atoms with Gasteiger partial charge in [0, 0.05) is 25.8 Å². The highest BCUT2D eigenvalue weighted by molar-refractivity contribution is 6.31. The zero-order valence-corrected chi connectivity index (χ0v) is 10.7. The van der Waals surface area contributed by atoms with E-state index in [4.69, 9.17) is 22.1 Å². The SMILES string of the molecule is CCCOCCCNc1cc(F)c(Cl)cc1N. The van der Waals surface area contributed by atoms with Crippen LogP contribution in [0.4, 0.5) is 15.8 Å². The smallest absolute Gasteiger partial charge is 0.143 e. The van der Waals surface area contributed by atoms with E-state index in [1.54, 1.807) is 0 Å². The molecule has 0 unspecified atom stereocenters. The summed E-state index contributed by atoms with van der Waals surface area (Å²) in [6.07, 6.45) is 1.87. The molecule has 3 N–H and O–H groups in total. The van der Waals surface area contributed by atoms with Crippen LogP contribution in [0.15, 0.2) is 12.1 Å². The number of nitrogen functional groups attached to an aromatic ring is 1. The summed E-state index contributed by atoms with van der Waals surface area (Å²) in [4.78, 5) is 0. The number of ether oxygens (including phenoxy) is 1. The van der Waals surface area contributed by atoms with Gasteiger partial charge in [0.25, 0.3) is 0 Å². The molecule has 5 heteroatoms. The van der Waals surface area contributed by atoms with Crippen LogP contribution in [0.3, 0.4) is 0 Å². The molecule has 17 heavy (non-hydrogen) atoms. The fourth-order valence-corrected chi connectivity index (χ4v) is 1.53. The van der Waals surface area contributed by atoms with E-state index in [0.717, 1.165) is 19.4 Å². The van der Waals surface area contributed by atoms with E-state index in [2.05, 4.69) is 12.2 Å². The maximum absolute atomic E-state index is 13.2. The van der Waals surface area contributed by atoms with Crippen LogP contribution in [0.1, 0.15) is 19.8 Å². The van der Waals surface area contributed by atoms with Crippen molar-refractivity contribution in [3.8, 4) is 0 Å². The fraction of sp³-hybridized carbons (Fsp3) is 0.500. The molecule has 0 radical (unpaired) electrons. The second kappa shape index (κ2) is 7.35. The van der Waals surface area contributed by atoms with E-state index < -0.39 is 5.82 Å². The van der Waals surface area contributed by atoms with Crippen LogP contribution in [0, 0.1) is 5.82 Å². The van der Waals surface area contributed by atoms with Crippen molar-refractivity contribution < 1.29 is 9.13 Å². The van der Waals surface area contributed by atoms with Gasteiger partial charge in [-0.1, -0.05) is 18.5 Å². The van der Waals surface area contributed by atoms with Crippen LogP contribution in [-0.4, -0.2) is 19.8 Å². The lowest BCUT2D eigenvalue weighted by molar-refractivity contribution is 0.134. The Morgan fingerprint density at radius 3 is 2.88 bits per heavy atom. The van der Waals surface area contributed by atoms with Crippen molar-refractivity contribution in [1.82, 2.24) is 0 Å². The van der Waals surface area contributed by atoms with Crippen molar-refractivity contribution in [1.29, 1.82) is 0 Å². The van der Waals surface area contributed by atoms with Crippen molar-refractivity contribution in [3.63, 3.8) is 0 Å². The molecule has 0 amide bonds. The zero-order chi connectivity index (χ0) is 12.7. The van der Waals surface area contributed by atoms with Crippen molar-refractivity contribution in [2.45, 2.75) is 19.8 Å². The second-order valence-electron chi connectivity index (χ2n) is 3.75. The lowest BCUT2D eigenvalue weighted by atomic mass is 10.2. The number of nitrogens with two attached hydrogens (primary N) is 1. The summed E-state index contributed by atoms with van der Waals surface area (Å²) >= 11 is 5.60. The minimum Gasteiger partial charge on any atom is -0.397 e. The van der Waals surface area contributed by atoms with Crippen LogP contribution < -0.4 is 11.1 Å². The molecule has 3 nitrogen and oxygen atoms in total. The van der Waals surface area contributed by atoms with Crippen LogP contribution in [0.25, 0.3) is 0 Å². The molecule has 0 aromatic heterocycles. The third kappa shape index (κ3) is 4.79. The quantitative estimate of drug-likeness (QED) is 0.584. The third-order valence-corrected chi connectivity index (χ3v) is 2.51. The van der Waals surface area contributed by atoms with E-state index in [-0.39, 0.29) is 5.02 Å². The van der Waals surface area contributed by atoms with Gasteiger partial charge in [0.15, 0.2) is 0 Å². The van der Waals surface area contributed by atoms with E-state index in [0.29, 0.717) is 24.5 Å². The van der Waals surface area contributed by atoms with E-state index >= 15 is 0 Å². The Morgan fingerprint density at radius 1 is 1.41 bits per heavy atom. The normalized spacial score (nSPS) is 10.5. The monoisotopic (exact) mass is 260 g/mol. The van der Waals surface area contributed by atoms with Gasteiger partial charge in [0.1, 0.15) is 5.82 Å². The number of benzene rings is 1. The molecule has 1 aromatic carbocycles. The van der Waals surface area contributed by atoms with Crippen molar-refractivity contribution in [2.75, 3.05) is 30.8 Å². The molecule has 0 aliphatic carbocycles. The molecule has 0 spiro atoms. The molecular formula is C12H18ClFN2O. The molecule has 1 rings (SSSR count). The van der Waals surface area contributed by atoms with E-state index in [1.165, 1.54) is 12.1 Å². The fourth-order valence-electron chi connectivity index (χ4n) is 1.36. The second-order valence-corrected chi connectivity index (χ2v) is 4.15. The van der Waals surface area contributed by atoms with Crippen LogP contribution in [-0.2, 0) is 4.74 Å². The first kappa shape index (κ1) is 14.1. The van der Waals surface area contributed by atoms with Gasteiger partial charge >= 0.3 is 0 Å². The average molecular weight is 261 g/mol. The summed E-state index contributed by atoms with van der Waals surface area (Å²) in [6, 6.07) is 2.72. The largest absolute Gasteiger partial charge is 0.397 e. The number of halogens is 2. The molecule has 0 fully saturated rings. The van der Waals surface area contributed by atoms with E-state index in [1.807, 2.05) is 0 Å². The summed E-state index contributed by atoms with van der Waals surface area (Å²) < 4.78 is 18.5. The van der Waals surface area contributed by atoms with Crippen LogP contribution >= 0.6 is 11.6 Å². The first-order chi connectivity index (χ1) is 8.15. The Balaban J connectivity index is 2.34. The van der Waals surface area contributed by atoms with Crippen molar-refractivity contribution >= 4 is 23.0 Å². The molecule has 96 valence electrons. The molecule has 0 saturated carbocycles. The van der Waals surface area contributed by atoms with Gasteiger partial charge in [-0.3, -0.25) is 0 Å². The Hall–Kier alpha value is -1.00. The number of anilines is 2. The summed E-state index contributed by atoms with van der Waals surface area (Å²) in [5.41, 5.74) is 6.73. The van der Waals surface area contributed by atoms with Crippen molar-refractivity contribution in [2.24, 2.45) is 0 Å². The van der Waals surface area contributed by atoms with Gasteiger partial charge in [-0.05, 0) is 18.9 Å². The topological polar surface area (TPSA) is 47.3 Å². The maximum Gasteiger partial charge on any atom is 0.143 e. The van der Waals surface area contributed by atoms with Gasteiger partial charge in [0.05, 0.1) is 16.4 Å². The summed E-state index contributed by atoms with van der Waals surface area (Å²) in [5, 5.41) is 3.10. The molecule has 1 aromatic rings. The molecule has 0 saturated heterocycles. The predicted molar refractivity (Wildman–Crippen MR) is 70.0 cm³/mol. The Kier molecular flexibility index (Phi) is 6.08. The first-order valence-electron chi connectivity index (χ1n) is 5.71. The highest BCUT2D eigenvalue weighted by atomic mass is 35.5. The number of rotatable bonds is 7. The van der Waals surface area contributed by atoms with Gasteiger partial charge in [-0.25, -0.2) is 4.39 Å². The Morgan fingerprint density at radius 2 is 2.18 bits per heavy atom. The molecular weight excluding hydrogens is 243 g/mol. The van der Waals surface area contributed by atoms with Gasteiger partial charge < -0.3 is 15.8 Å². The van der Waals surface area contributed by atoms with Crippen LogP contribution in [0.2, 0.25) is 5.02 Å². The highest BCUT2D eigenvalue weighted by Gasteiger charge is 2.05. The van der Waals surface area contributed by atoms with Gasteiger partial charge in [0.2, 0.25) is 0 Å². The Bertz CT molecular complexity index is 361. The molecule has 0 bridgehead atoms. The minimum atomic E-state index is -0.467. The molecule has 0 aliphatic heterocycles. The lowest BCUT2D eigenvalue weighted by Gasteiger charge is -2.10. The summed E-state index contributed by atoms with van der Waals surface area (Å²) in [5.74, 6) is -0.467. The molecule has 0 aliphatic rings. The predicted octanol–water partition coefficient (Wildman–Crippen LogP) is 3.29. The lowest BCUT2D eigenvalue weighted by Crippen LogP contribution is -2.08. The number of hydrogen-bond donors (Lipinski definition) is 2. The van der Waals surface area contributed by atoms with Gasteiger partial charge in [-0.2, -0.15) is 0 Å². The van der Waals surface area contributed by atoms with Gasteiger partial charge in [-0.15, -0.1) is 0 Å². The van der Waals surface area contributed by atoms with E-state index in [9.17, 15) is 4.39 Å². The summed E-state index contributed by atoms with van der Waals surface area (Å²) in [6.45, 7) is 4.22.